The van der Waals surface area contributed by atoms with E-state index in [1.807, 2.05) is 0 Å². The molecule has 9 heteroatoms. The topological polar surface area (TPSA) is 162 Å². The molecule has 0 radical (unpaired) electrons. The minimum absolute atomic E-state index is 0.0250. The first-order valence-corrected chi connectivity index (χ1v) is 8.64. The van der Waals surface area contributed by atoms with Crippen LogP contribution in [0.15, 0.2) is 0 Å². The fourth-order valence-corrected chi connectivity index (χ4v) is 1.49. The smallest absolute Gasteiger partial charge is 0.224 e. The molecule has 0 aromatic rings. The molecule has 160 valence electrons. The van der Waals surface area contributed by atoms with Gasteiger partial charge in [0, 0.05) is 10.8 Å². The summed E-state index contributed by atoms with van der Waals surface area (Å²) in [6, 6.07) is 0. The van der Waals surface area contributed by atoms with E-state index in [2.05, 4.69) is 19.6 Å². The second-order valence-corrected chi connectivity index (χ2v) is 8.34. The summed E-state index contributed by atoms with van der Waals surface area (Å²) in [6.45, 7) is 12.0. The Bertz CT molecular complexity index is 462. The van der Waals surface area contributed by atoms with Gasteiger partial charge in [0.25, 0.3) is 0 Å². The standard InChI is InChI=1S/C9H17NO3.C5H12O2.C4H7NO2/c1-8(2)5-12-9(3,13-6-8)4-7(10)11;1-5(2,3-6)4-7;1-3(6)2-4(5)7/h4-6H2,1-3H3,(H2,10,11);6-7H,3-4H2,1-2H3;2H2,1H3,(H2,5,7). The van der Waals surface area contributed by atoms with Crippen molar-refractivity contribution in [2.24, 2.45) is 22.3 Å². The van der Waals surface area contributed by atoms with Crippen molar-refractivity contribution in [3.63, 3.8) is 0 Å². The van der Waals surface area contributed by atoms with Crippen LogP contribution in [0.5, 0.6) is 0 Å². The molecule has 1 aliphatic rings. The number of hydrogen-bond donors (Lipinski definition) is 4. The third kappa shape index (κ3) is 16.4. The van der Waals surface area contributed by atoms with E-state index >= 15 is 0 Å². The van der Waals surface area contributed by atoms with E-state index in [1.165, 1.54) is 6.92 Å². The third-order valence-electron chi connectivity index (χ3n) is 3.31. The van der Waals surface area contributed by atoms with Gasteiger partial charge in [-0.3, -0.25) is 14.4 Å². The lowest BCUT2D eigenvalue weighted by Gasteiger charge is -2.40. The number of aliphatic hydroxyl groups is 2. The van der Waals surface area contributed by atoms with Crippen molar-refractivity contribution in [1.29, 1.82) is 0 Å². The third-order valence-corrected chi connectivity index (χ3v) is 3.31. The summed E-state index contributed by atoms with van der Waals surface area (Å²) in [5.41, 5.74) is 9.43. The van der Waals surface area contributed by atoms with E-state index < -0.39 is 17.6 Å². The van der Waals surface area contributed by atoms with Gasteiger partial charge in [-0.25, -0.2) is 0 Å². The summed E-state index contributed by atoms with van der Waals surface area (Å²) in [5, 5.41) is 16.9. The molecule has 0 aromatic carbocycles. The molecule has 0 atom stereocenters. The molecule has 0 aliphatic carbocycles. The number of ether oxygens (including phenoxy) is 2. The predicted octanol–water partition coefficient (Wildman–Crippen LogP) is 0.0990. The van der Waals surface area contributed by atoms with Gasteiger partial charge in [-0.1, -0.05) is 27.7 Å². The molecule has 1 fully saturated rings. The van der Waals surface area contributed by atoms with Crippen LogP contribution < -0.4 is 11.5 Å². The van der Waals surface area contributed by atoms with E-state index in [0.717, 1.165) is 0 Å². The zero-order valence-corrected chi connectivity index (χ0v) is 17.3. The first kappa shape index (κ1) is 27.7. The summed E-state index contributed by atoms with van der Waals surface area (Å²) >= 11 is 0. The number of carbonyl (C=O) groups excluding carboxylic acids is 3. The summed E-state index contributed by atoms with van der Waals surface area (Å²) in [4.78, 5) is 30.5. The number of rotatable bonds is 6. The lowest BCUT2D eigenvalue weighted by Crippen LogP contribution is -2.47. The molecule has 9 nitrogen and oxygen atoms in total. The van der Waals surface area contributed by atoms with Crippen LogP contribution in [0, 0.1) is 10.8 Å². The van der Waals surface area contributed by atoms with Crippen LogP contribution in [0.3, 0.4) is 0 Å². The van der Waals surface area contributed by atoms with Gasteiger partial charge in [-0.2, -0.15) is 0 Å². The summed E-state index contributed by atoms with van der Waals surface area (Å²) < 4.78 is 10.9. The number of hydrogen-bond acceptors (Lipinski definition) is 7. The Labute approximate surface area is 161 Å². The first-order valence-electron chi connectivity index (χ1n) is 8.64. The van der Waals surface area contributed by atoms with Gasteiger partial charge in [0.2, 0.25) is 11.8 Å². The zero-order valence-electron chi connectivity index (χ0n) is 17.3. The highest BCUT2D eigenvalue weighted by Gasteiger charge is 2.37. The molecule has 1 rings (SSSR count). The maximum absolute atomic E-state index is 10.7. The zero-order chi connectivity index (χ0) is 21.9. The Kier molecular flexibility index (Phi) is 12.3. The van der Waals surface area contributed by atoms with E-state index in [9.17, 15) is 14.4 Å². The van der Waals surface area contributed by atoms with Gasteiger partial charge in [0.1, 0.15) is 5.78 Å². The van der Waals surface area contributed by atoms with E-state index in [0.29, 0.717) is 13.2 Å². The highest BCUT2D eigenvalue weighted by atomic mass is 16.7. The van der Waals surface area contributed by atoms with Crippen LogP contribution in [0.25, 0.3) is 0 Å². The highest BCUT2D eigenvalue weighted by molar-refractivity contribution is 5.95. The summed E-state index contributed by atoms with van der Waals surface area (Å²) in [6.07, 6.45) is -0.0247. The molecule has 1 heterocycles. The largest absolute Gasteiger partial charge is 0.396 e. The predicted molar refractivity (Wildman–Crippen MR) is 100 cm³/mol. The Hall–Kier alpha value is -1.55. The maximum Gasteiger partial charge on any atom is 0.224 e. The molecule has 2 amide bonds. The van der Waals surface area contributed by atoms with Gasteiger partial charge in [-0.15, -0.1) is 0 Å². The molecule has 27 heavy (non-hydrogen) atoms. The van der Waals surface area contributed by atoms with Crippen molar-refractivity contribution in [2.45, 2.75) is 60.2 Å². The van der Waals surface area contributed by atoms with Gasteiger partial charge < -0.3 is 31.2 Å². The fourth-order valence-electron chi connectivity index (χ4n) is 1.49. The quantitative estimate of drug-likeness (QED) is 0.466. The van der Waals surface area contributed by atoms with Crippen molar-refractivity contribution < 1.29 is 34.1 Å². The molecule has 1 aliphatic heterocycles. The number of nitrogens with two attached hydrogens (primary N) is 2. The van der Waals surface area contributed by atoms with Crippen LogP contribution in [0.4, 0.5) is 0 Å². The number of ketones is 1. The molecule has 0 unspecified atom stereocenters. The fraction of sp³-hybridized carbons (Fsp3) is 0.833. The van der Waals surface area contributed by atoms with Crippen LogP contribution in [0.1, 0.15) is 54.4 Å². The number of amides is 2. The number of carbonyl (C=O) groups is 3. The second kappa shape index (κ2) is 12.0. The molecular weight excluding hydrogens is 356 g/mol. The van der Waals surface area contributed by atoms with Crippen LogP contribution in [-0.2, 0) is 23.9 Å². The van der Waals surface area contributed by atoms with E-state index in [4.69, 9.17) is 25.4 Å². The van der Waals surface area contributed by atoms with Crippen molar-refractivity contribution in [1.82, 2.24) is 0 Å². The van der Waals surface area contributed by atoms with Crippen molar-refractivity contribution in [3.8, 4) is 0 Å². The van der Waals surface area contributed by atoms with E-state index in [-0.39, 0.29) is 42.7 Å². The Morgan fingerprint density at radius 3 is 1.56 bits per heavy atom. The number of Topliss-reactive ketones (excluding diaryl/α,β-unsaturated/α-hetero) is 1. The van der Waals surface area contributed by atoms with Gasteiger partial charge in [0.05, 0.1) is 39.3 Å². The number of aliphatic hydroxyl groups excluding tert-OH is 2. The molecule has 6 N–H and O–H groups in total. The Morgan fingerprint density at radius 1 is 0.963 bits per heavy atom. The normalized spacial score (nSPS) is 17.5. The molecule has 1 saturated heterocycles. The lowest BCUT2D eigenvalue weighted by atomic mass is 9.94. The highest BCUT2D eigenvalue weighted by Crippen LogP contribution is 2.30. The Balaban J connectivity index is 0. The van der Waals surface area contributed by atoms with Gasteiger partial charge in [-0.05, 0) is 13.8 Å². The minimum atomic E-state index is -0.818. The van der Waals surface area contributed by atoms with Gasteiger partial charge in [0.15, 0.2) is 5.79 Å². The van der Waals surface area contributed by atoms with Crippen molar-refractivity contribution in [3.05, 3.63) is 0 Å². The maximum atomic E-state index is 10.7. The lowest BCUT2D eigenvalue weighted by molar-refractivity contribution is -0.288. The second-order valence-electron chi connectivity index (χ2n) is 8.34. The van der Waals surface area contributed by atoms with Crippen molar-refractivity contribution >= 4 is 17.6 Å². The summed E-state index contributed by atoms with van der Waals surface area (Å²) in [5.74, 6) is -1.97. The van der Waals surface area contributed by atoms with Crippen LogP contribution >= 0.6 is 0 Å². The average Bonchev–Trinajstić information content (AvgIpc) is 2.50. The monoisotopic (exact) mass is 392 g/mol. The minimum Gasteiger partial charge on any atom is -0.396 e. The van der Waals surface area contributed by atoms with Crippen molar-refractivity contribution in [2.75, 3.05) is 26.4 Å². The molecule has 0 spiro atoms. The Morgan fingerprint density at radius 2 is 1.37 bits per heavy atom. The average molecular weight is 392 g/mol. The van der Waals surface area contributed by atoms with Crippen LogP contribution in [-0.4, -0.2) is 60.0 Å². The molecule has 0 bridgehead atoms. The summed E-state index contributed by atoms with van der Waals surface area (Å²) in [7, 11) is 0. The molecular formula is C18H36N2O7. The van der Waals surface area contributed by atoms with Crippen LogP contribution in [0.2, 0.25) is 0 Å². The van der Waals surface area contributed by atoms with Gasteiger partial charge >= 0.3 is 0 Å². The molecule has 0 saturated carbocycles. The number of primary amides is 2. The molecule has 0 aromatic heterocycles. The van der Waals surface area contributed by atoms with E-state index in [1.54, 1.807) is 20.8 Å². The SMILES string of the molecule is CC(=O)CC(N)=O.CC(C)(CO)CO.CC1(C)COC(C)(CC(N)=O)OC1. The first-order chi connectivity index (χ1) is 12.1.